The molecule has 7 heteroatoms. The van der Waals surface area contributed by atoms with Crippen molar-refractivity contribution in [3.05, 3.63) is 27.7 Å². The number of carbonyl (C=O) groups is 2. The highest BCUT2D eigenvalue weighted by Crippen LogP contribution is 2.27. The van der Waals surface area contributed by atoms with Crippen molar-refractivity contribution in [1.82, 2.24) is 5.32 Å². The third-order valence-electron chi connectivity index (χ3n) is 2.57. The van der Waals surface area contributed by atoms with Crippen LogP contribution in [0, 0.1) is 5.92 Å². The average molecular weight is 365 g/mol. The number of carbonyl (C=O) groups excluding carboxylic acids is 1. The van der Waals surface area contributed by atoms with E-state index in [2.05, 4.69) is 21.2 Å². The summed E-state index contributed by atoms with van der Waals surface area (Å²) >= 11 is 9.21. The van der Waals surface area contributed by atoms with Gasteiger partial charge in [0.15, 0.2) is 6.61 Å². The van der Waals surface area contributed by atoms with E-state index in [-0.39, 0.29) is 12.5 Å². The summed E-state index contributed by atoms with van der Waals surface area (Å²) in [5, 5.41) is 11.7. The van der Waals surface area contributed by atoms with Crippen LogP contribution in [-0.2, 0) is 9.59 Å². The number of ether oxygens (including phenoxy) is 1. The van der Waals surface area contributed by atoms with Gasteiger partial charge in [0, 0.05) is 11.0 Å². The molecule has 0 radical (unpaired) electrons. The first-order valence-corrected chi connectivity index (χ1v) is 7.14. The number of carboxylic acids is 1. The van der Waals surface area contributed by atoms with Crippen molar-refractivity contribution in [1.29, 1.82) is 0 Å². The molecule has 0 aliphatic carbocycles. The zero-order valence-electron chi connectivity index (χ0n) is 10.9. The Kier molecular flexibility index (Phi) is 6.81. The summed E-state index contributed by atoms with van der Waals surface area (Å²) in [6, 6.07) is 5.09. The molecule has 2 N–H and O–H groups in total. The highest BCUT2D eigenvalue weighted by Gasteiger charge is 2.11. The SMILES string of the molecule is CC(CCNC(=O)COc1ccc(Br)cc1Cl)C(=O)O. The largest absolute Gasteiger partial charge is 0.482 e. The van der Waals surface area contributed by atoms with E-state index in [9.17, 15) is 9.59 Å². The zero-order valence-corrected chi connectivity index (χ0v) is 13.2. The van der Waals surface area contributed by atoms with Crippen LogP contribution in [0.25, 0.3) is 0 Å². The Balaban J connectivity index is 2.31. The number of hydrogen-bond donors (Lipinski definition) is 2. The van der Waals surface area contributed by atoms with E-state index in [1.807, 2.05) is 0 Å². The molecule has 0 saturated heterocycles. The van der Waals surface area contributed by atoms with Gasteiger partial charge in [0.2, 0.25) is 0 Å². The first-order chi connectivity index (χ1) is 9.40. The number of halogens is 2. The van der Waals surface area contributed by atoms with Gasteiger partial charge in [0.1, 0.15) is 5.75 Å². The third kappa shape index (κ3) is 5.79. The first-order valence-electron chi connectivity index (χ1n) is 5.97. The summed E-state index contributed by atoms with van der Waals surface area (Å²) in [7, 11) is 0. The Hall–Kier alpha value is -1.27. The number of aliphatic carboxylic acids is 1. The average Bonchev–Trinajstić information content (AvgIpc) is 2.37. The van der Waals surface area contributed by atoms with Gasteiger partial charge in [-0.3, -0.25) is 9.59 Å². The van der Waals surface area contributed by atoms with E-state index in [1.54, 1.807) is 25.1 Å². The maximum absolute atomic E-state index is 11.5. The molecule has 0 aliphatic rings. The van der Waals surface area contributed by atoms with Crippen molar-refractivity contribution in [3.63, 3.8) is 0 Å². The third-order valence-corrected chi connectivity index (χ3v) is 3.36. The lowest BCUT2D eigenvalue weighted by atomic mass is 10.1. The molecule has 5 nitrogen and oxygen atoms in total. The second-order valence-corrected chi connectivity index (χ2v) is 5.56. The van der Waals surface area contributed by atoms with E-state index in [4.69, 9.17) is 21.4 Å². The predicted molar refractivity (Wildman–Crippen MR) is 79.1 cm³/mol. The van der Waals surface area contributed by atoms with Crippen LogP contribution in [0.4, 0.5) is 0 Å². The summed E-state index contributed by atoms with van der Waals surface area (Å²) in [5.74, 6) is -1.26. The highest BCUT2D eigenvalue weighted by atomic mass is 79.9. The fraction of sp³-hybridized carbons (Fsp3) is 0.385. The Morgan fingerprint density at radius 3 is 2.80 bits per heavy atom. The fourth-order valence-electron chi connectivity index (χ4n) is 1.34. The van der Waals surface area contributed by atoms with Gasteiger partial charge in [0.25, 0.3) is 5.91 Å². The Morgan fingerprint density at radius 1 is 1.50 bits per heavy atom. The zero-order chi connectivity index (χ0) is 15.1. The van der Waals surface area contributed by atoms with Crippen molar-refractivity contribution in [2.45, 2.75) is 13.3 Å². The molecular weight excluding hydrogens is 350 g/mol. The van der Waals surface area contributed by atoms with Crippen molar-refractivity contribution in [2.24, 2.45) is 5.92 Å². The second kappa shape index (κ2) is 8.11. The number of nitrogens with one attached hydrogen (secondary N) is 1. The molecule has 1 aromatic carbocycles. The minimum atomic E-state index is -0.878. The molecule has 0 aliphatic heterocycles. The molecule has 0 bridgehead atoms. The van der Waals surface area contributed by atoms with Gasteiger partial charge in [-0.15, -0.1) is 0 Å². The van der Waals surface area contributed by atoms with Crippen LogP contribution >= 0.6 is 27.5 Å². The Labute approximate surface area is 130 Å². The molecule has 1 atom stereocenters. The summed E-state index contributed by atoms with van der Waals surface area (Å²) in [4.78, 5) is 22.1. The quantitative estimate of drug-likeness (QED) is 0.780. The molecular formula is C13H15BrClNO4. The standard InChI is InChI=1S/C13H15BrClNO4/c1-8(13(18)19)4-5-16-12(17)7-20-11-3-2-9(14)6-10(11)15/h2-3,6,8H,4-5,7H2,1H3,(H,16,17)(H,18,19). The van der Waals surface area contributed by atoms with Gasteiger partial charge in [-0.05, 0) is 24.6 Å². The number of rotatable bonds is 7. The van der Waals surface area contributed by atoms with Crippen LogP contribution in [0.3, 0.4) is 0 Å². The van der Waals surface area contributed by atoms with Gasteiger partial charge in [-0.25, -0.2) is 0 Å². The van der Waals surface area contributed by atoms with Crippen LogP contribution in [0.5, 0.6) is 5.75 Å². The highest BCUT2D eigenvalue weighted by molar-refractivity contribution is 9.10. The van der Waals surface area contributed by atoms with Crippen molar-refractivity contribution in [3.8, 4) is 5.75 Å². The monoisotopic (exact) mass is 363 g/mol. The maximum Gasteiger partial charge on any atom is 0.306 e. The molecule has 1 amide bonds. The minimum absolute atomic E-state index is 0.164. The second-order valence-electron chi connectivity index (χ2n) is 4.24. The van der Waals surface area contributed by atoms with Crippen LogP contribution in [0.1, 0.15) is 13.3 Å². The normalized spacial score (nSPS) is 11.8. The Bertz CT molecular complexity index is 495. The lowest BCUT2D eigenvalue weighted by Gasteiger charge is -2.10. The van der Waals surface area contributed by atoms with Crippen LogP contribution < -0.4 is 10.1 Å². The lowest BCUT2D eigenvalue weighted by molar-refractivity contribution is -0.141. The number of amides is 1. The van der Waals surface area contributed by atoms with Gasteiger partial charge < -0.3 is 15.2 Å². The maximum atomic E-state index is 11.5. The number of benzene rings is 1. The van der Waals surface area contributed by atoms with Crippen LogP contribution in [-0.4, -0.2) is 30.1 Å². The summed E-state index contributed by atoms with van der Waals surface area (Å²) < 4.78 is 6.10. The van der Waals surface area contributed by atoms with Crippen molar-refractivity contribution < 1.29 is 19.4 Å². The molecule has 1 aromatic rings. The topological polar surface area (TPSA) is 75.6 Å². The lowest BCUT2D eigenvalue weighted by Crippen LogP contribution is -2.31. The van der Waals surface area contributed by atoms with Crippen molar-refractivity contribution >= 4 is 39.4 Å². The molecule has 110 valence electrons. The van der Waals surface area contributed by atoms with Gasteiger partial charge in [-0.2, -0.15) is 0 Å². The molecule has 0 saturated carbocycles. The first kappa shape index (κ1) is 16.8. The molecule has 0 fully saturated rings. The molecule has 1 unspecified atom stereocenters. The molecule has 20 heavy (non-hydrogen) atoms. The van der Waals surface area contributed by atoms with E-state index >= 15 is 0 Å². The molecule has 0 spiro atoms. The van der Waals surface area contributed by atoms with Crippen LogP contribution in [0.15, 0.2) is 22.7 Å². The summed E-state index contributed by atoms with van der Waals surface area (Å²) in [6.45, 7) is 1.72. The number of hydrogen-bond acceptors (Lipinski definition) is 3. The predicted octanol–water partition coefficient (Wildman–Crippen LogP) is 2.71. The Morgan fingerprint density at radius 2 is 2.20 bits per heavy atom. The van der Waals surface area contributed by atoms with Crippen molar-refractivity contribution in [2.75, 3.05) is 13.2 Å². The smallest absolute Gasteiger partial charge is 0.306 e. The number of carboxylic acid groups (broad SMARTS) is 1. The molecule has 0 heterocycles. The van der Waals surface area contributed by atoms with Gasteiger partial charge in [0.05, 0.1) is 10.9 Å². The fourth-order valence-corrected chi connectivity index (χ4v) is 2.07. The van der Waals surface area contributed by atoms with Gasteiger partial charge >= 0.3 is 5.97 Å². The summed E-state index contributed by atoms with van der Waals surface area (Å²) in [5.41, 5.74) is 0. The minimum Gasteiger partial charge on any atom is -0.482 e. The van der Waals surface area contributed by atoms with Crippen LogP contribution in [0.2, 0.25) is 5.02 Å². The summed E-state index contributed by atoms with van der Waals surface area (Å²) in [6.07, 6.45) is 0.375. The molecule has 0 aromatic heterocycles. The van der Waals surface area contributed by atoms with Gasteiger partial charge in [-0.1, -0.05) is 34.5 Å². The molecule has 1 rings (SSSR count). The van der Waals surface area contributed by atoms with E-state index in [0.29, 0.717) is 23.7 Å². The van der Waals surface area contributed by atoms with E-state index in [0.717, 1.165) is 4.47 Å². The van der Waals surface area contributed by atoms with E-state index in [1.165, 1.54) is 0 Å². The van der Waals surface area contributed by atoms with E-state index < -0.39 is 11.9 Å².